The van der Waals surface area contributed by atoms with Crippen LogP contribution in [-0.4, -0.2) is 0 Å². The molecule has 0 radical (unpaired) electrons. The maximum absolute atomic E-state index is 3.47. The first kappa shape index (κ1) is 12.4. The van der Waals surface area contributed by atoms with E-state index < -0.39 is 0 Å². The summed E-state index contributed by atoms with van der Waals surface area (Å²) < 4.78 is 2.70. The molecule has 2 heteroatoms. The van der Waals surface area contributed by atoms with Gasteiger partial charge in [-0.3, -0.25) is 0 Å². The molecular weight excluding hydrogens is 274 g/mol. The van der Waals surface area contributed by atoms with Gasteiger partial charge in [-0.25, -0.2) is 0 Å². The lowest BCUT2D eigenvalue weighted by molar-refractivity contribution is 1.52. The van der Waals surface area contributed by atoms with E-state index in [0.717, 1.165) is 11.4 Å². The third-order valence-corrected chi connectivity index (χ3v) is 4.82. The molecule has 0 aliphatic heterocycles. The molecular formula is C19H15NS. The van der Waals surface area contributed by atoms with Crippen molar-refractivity contribution in [3.8, 4) is 0 Å². The Labute approximate surface area is 127 Å². The van der Waals surface area contributed by atoms with Crippen molar-refractivity contribution in [1.82, 2.24) is 0 Å². The summed E-state index contributed by atoms with van der Waals surface area (Å²) in [5.41, 5.74) is 3.57. The number of fused-ring (bicyclic) bond motifs is 3. The van der Waals surface area contributed by atoms with Crippen LogP contribution in [0.2, 0.25) is 0 Å². The van der Waals surface area contributed by atoms with Crippen molar-refractivity contribution in [2.24, 2.45) is 0 Å². The zero-order valence-corrected chi connectivity index (χ0v) is 12.6. The molecule has 0 saturated carbocycles. The van der Waals surface area contributed by atoms with Crippen LogP contribution in [0, 0.1) is 6.92 Å². The highest BCUT2D eigenvalue weighted by atomic mass is 32.1. The first-order valence-corrected chi connectivity index (χ1v) is 7.86. The predicted molar refractivity (Wildman–Crippen MR) is 93.8 cm³/mol. The second-order valence-corrected chi connectivity index (χ2v) is 6.39. The van der Waals surface area contributed by atoms with Gasteiger partial charge in [-0.1, -0.05) is 30.3 Å². The highest BCUT2D eigenvalue weighted by molar-refractivity contribution is 7.25. The monoisotopic (exact) mass is 289 g/mol. The van der Waals surface area contributed by atoms with Crippen molar-refractivity contribution in [3.63, 3.8) is 0 Å². The summed E-state index contributed by atoms with van der Waals surface area (Å²) in [6.07, 6.45) is 0. The number of rotatable bonds is 2. The van der Waals surface area contributed by atoms with Gasteiger partial charge in [-0.05, 0) is 48.9 Å². The molecule has 21 heavy (non-hydrogen) atoms. The van der Waals surface area contributed by atoms with E-state index in [2.05, 4.69) is 60.8 Å². The van der Waals surface area contributed by atoms with E-state index in [0.29, 0.717) is 0 Å². The third-order valence-electron chi connectivity index (χ3n) is 3.69. The maximum Gasteiger partial charge on any atom is 0.0391 e. The number of anilines is 2. The van der Waals surface area contributed by atoms with E-state index in [1.54, 1.807) is 0 Å². The van der Waals surface area contributed by atoms with Gasteiger partial charge in [0, 0.05) is 31.5 Å². The van der Waals surface area contributed by atoms with Gasteiger partial charge in [-0.15, -0.1) is 11.3 Å². The average Bonchev–Trinajstić information content (AvgIpc) is 2.85. The van der Waals surface area contributed by atoms with Crippen molar-refractivity contribution < 1.29 is 0 Å². The summed E-state index contributed by atoms with van der Waals surface area (Å²) in [6.45, 7) is 2.15. The van der Waals surface area contributed by atoms with Gasteiger partial charge in [0.15, 0.2) is 0 Å². The SMILES string of the molecule is Cc1ccc2c(c1)sc1ccc(Nc3ccccc3)cc12. The molecule has 0 aliphatic carbocycles. The first-order chi connectivity index (χ1) is 10.3. The molecule has 4 aromatic rings. The molecule has 1 N–H and O–H groups in total. The Morgan fingerprint density at radius 3 is 2.43 bits per heavy atom. The summed E-state index contributed by atoms with van der Waals surface area (Å²) in [5.74, 6) is 0. The van der Waals surface area contributed by atoms with Crippen molar-refractivity contribution in [2.75, 3.05) is 5.32 Å². The number of hydrogen-bond acceptors (Lipinski definition) is 2. The van der Waals surface area contributed by atoms with E-state index in [1.165, 1.54) is 25.7 Å². The minimum Gasteiger partial charge on any atom is -0.356 e. The van der Waals surface area contributed by atoms with Crippen LogP contribution in [0.15, 0.2) is 66.7 Å². The van der Waals surface area contributed by atoms with Crippen LogP contribution < -0.4 is 5.32 Å². The van der Waals surface area contributed by atoms with Gasteiger partial charge in [-0.2, -0.15) is 0 Å². The number of hydrogen-bond donors (Lipinski definition) is 1. The molecule has 1 aromatic heterocycles. The smallest absolute Gasteiger partial charge is 0.0391 e. The van der Waals surface area contributed by atoms with Gasteiger partial charge in [0.25, 0.3) is 0 Å². The highest BCUT2D eigenvalue weighted by Crippen LogP contribution is 2.36. The Morgan fingerprint density at radius 2 is 1.57 bits per heavy atom. The van der Waals surface area contributed by atoms with E-state index in [1.807, 2.05) is 29.5 Å². The molecule has 0 saturated heterocycles. The van der Waals surface area contributed by atoms with Gasteiger partial charge < -0.3 is 5.32 Å². The molecule has 0 fully saturated rings. The topological polar surface area (TPSA) is 12.0 Å². The van der Waals surface area contributed by atoms with E-state index in [4.69, 9.17) is 0 Å². The molecule has 1 heterocycles. The fraction of sp³-hybridized carbons (Fsp3) is 0.0526. The van der Waals surface area contributed by atoms with Crippen LogP contribution in [0.5, 0.6) is 0 Å². The van der Waals surface area contributed by atoms with Gasteiger partial charge >= 0.3 is 0 Å². The van der Waals surface area contributed by atoms with E-state index >= 15 is 0 Å². The quantitative estimate of drug-likeness (QED) is 0.469. The maximum atomic E-state index is 3.47. The van der Waals surface area contributed by atoms with Gasteiger partial charge in [0.05, 0.1) is 0 Å². The first-order valence-electron chi connectivity index (χ1n) is 7.04. The average molecular weight is 289 g/mol. The van der Waals surface area contributed by atoms with Crippen LogP contribution in [0.4, 0.5) is 11.4 Å². The summed E-state index contributed by atoms with van der Waals surface area (Å²) in [4.78, 5) is 0. The van der Waals surface area contributed by atoms with Crippen molar-refractivity contribution in [1.29, 1.82) is 0 Å². The number of para-hydroxylation sites is 1. The summed E-state index contributed by atoms with van der Waals surface area (Å²) >= 11 is 1.86. The van der Waals surface area contributed by atoms with Crippen molar-refractivity contribution in [2.45, 2.75) is 6.92 Å². The van der Waals surface area contributed by atoms with Crippen LogP contribution in [0.25, 0.3) is 20.2 Å². The molecule has 0 bridgehead atoms. The van der Waals surface area contributed by atoms with Crippen molar-refractivity contribution >= 4 is 42.9 Å². The zero-order chi connectivity index (χ0) is 14.2. The lowest BCUT2D eigenvalue weighted by atomic mass is 10.1. The number of benzene rings is 3. The molecule has 4 rings (SSSR count). The number of thiophene rings is 1. The van der Waals surface area contributed by atoms with Gasteiger partial charge in [0.1, 0.15) is 0 Å². The fourth-order valence-electron chi connectivity index (χ4n) is 2.65. The molecule has 3 aromatic carbocycles. The third kappa shape index (κ3) is 2.28. The van der Waals surface area contributed by atoms with Crippen LogP contribution in [0.1, 0.15) is 5.56 Å². The Morgan fingerprint density at radius 1 is 0.714 bits per heavy atom. The van der Waals surface area contributed by atoms with Crippen LogP contribution in [-0.2, 0) is 0 Å². The summed E-state index contributed by atoms with van der Waals surface area (Å²) in [7, 11) is 0. The molecule has 0 amide bonds. The Balaban J connectivity index is 1.83. The van der Waals surface area contributed by atoms with Crippen LogP contribution >= 0.6 is 11.3 Å². The largest absolute Gasteiger partial charge is 0.356 e. The molecule has 0 unspecified atom stereocenters. The highest BCUT2D eigenvalue weighted by Gasteiger charge is 2.06. The number of aryl methyl sites for hydroxylation is 1. The minimum absolute atomic E-state index is 1.12. The standard InChI is InChI=1S/C19H15NS/c1-13-7-9-16-17-12-15(20-14-5-3-2-4-6-14)8-10-18(17)21-19(16)11-13/h2-12,20H,1H3. The Bertz CT molecular complexity index is 922. The second-order valence-electron chi connectivity index (χ2n) is 5.30. The molecule has 1 nitrogen and oxygen atoms in total. The minimum atomic E-state index is 1.12. The molecule has 0 aliphatic rings. The van der Waals surface area contributed by atoms with Crippen LogP contribution in [0.3, 0.4) is 0 Å². The molecule has 0 spiro atoms. The lowest BCUT2D eigenvalue weighted by Crippen LogP contribution is -1.88. The van der Waals surface area contributed by atoms with E-state index in [-0.39, 0.29) is 0 Å². The zero-order valence-electron chi connectivity index (χ0n) is 11.8. The second kappa shape index (κ2) is 4.90. The Hall–Kier alpha value is -2.32. The summed E-state index contributed by atoms with van der Waals surface area (Å²) in [6, 6.07) is 23.6. The van der Waals surface area contributed by atoms with Gasteiger partial charge in [0.2, 0.25) is 0 Å². The lowest BCUT2D eigenvalue weighted by Gasteiger charge is -2.06. The molecule has 0 atom stereocenters. The number of nitrogens with one attached hydrogen (secondary N) is 1. The van der Waals surface area contributed by atoms with Crippen molar-refractivity contribution in [3.05, 3.63) is 72.3 Å². The normalized spacial score (nSPS) is 11.1. The predicted octanol–water partition coefficient (Wildman–Crippen LogP) is 6.11. The summed E-state index contributed by atoms with van der Waals surface area (Å²) in [5, 5.41) is 6.14. The van der Waals surface area contributed by atoms with E-state index in [9.17, 15) is 0 Å². The molecule has 102 valence electrons. The Kier molecular flexibility index (Phi) is 2.90. The fourth-order valence-corrected chi connectivity index (χ4v) is 3.83.